The van der Waals surface area contributed by atoms with Gasteiger partial charge in [-0.2, -0.15) is 0 Å². The van der Waals surface area contributed by atoms with Crippen molar-refractivity contribution in [2.24, 2.45) is 0 Å². The van der Waals surface area contributed by atoms with E-state index in [0.29, 0.717) is 12.6 Å². The molecule has 0 radical (unpaired) electrons. The number of amides is 1. The van der Waals surface area contributed by atoms with Crippen LogP contribution < -0.4 is 15.5 Å². The molecular formula is C16H26N4O. The van der Waals surface area contributed by atoms with Gasteiger partial charge in [0.15, 0.2) is 0 Å². The fraction of sp³-hybridized carbons (Fsp3) is 0.625. The molecule has 0 aromatic carbocycles. The molecule has 116 valence electrons. The zero-order chi connectivity index (χ0) is 15.5. The smallest absolute Gasteiger partial charge is 0.245 e. The number of aromatic nitrogens is 1. The quantitative estimate of drug-likeness (QED) is 0.869. The monoisotopic (exact) mass is 290 g/mol. The molecule has 1 fully saturated rings. The Kier molecular flexibility index (Phi) is 4.83. The van der Waals surface area contributed by atoms with Crippen LogP contribution >= 0.6 is 0 Å². The summed E-state index contributed by atoms with van der Waals surface area (Å²) in [5.41, 5.74) is 1.53. The zero-order valence-electron chi connectivity index (χ0n) is 13.4. The van der Waals surface area contributed by atoms with Gasteiger partial charge in [0.1, 0.15) is 5.54 Å². The van der Waals surface area contributed by atoms with E-state index in [4.69, 9.17) is 0 Å². The van der Waals surface area contributed by atoms with E-state index in [9.17, 15) is 4.79 Å². The fourth-order valence-electron chi connectivity index (χ4n) is 2.82. The van der Waals surface area contributed by atoms with Crippen LogP contribution in [0.5, 0.6) is 0 Å². The topological polar surface area (TPSA) is 57.3 Å². The van der Waals surface area contributed by atoms with Crippen molar-refractivity contribution >= 4 is 11.6 Å². The number of piperazine rings is 1. The number of anilines is 1. The maximum Gasteiger partial charge on any atom is 0.245 e. The second-order valence-corrected chi connectivity index (χ2v) is 5.93. The average molecular weight is 290 g/mol. The Labute approximate surface area is 127 Å². The lowest BCUT2D eigenvalue weighted by atomic mass is 9.98. The van der Waals surface area contributed by atoms with E-state index in [1.54, 1.807) is 0 Å². The first kappa shape index (κ1) is 15.8. The molecule has 1 saturated heterocycles. The number of pyridine rings is 1. The van der Waals surface area contributed by atoms with Gasteiger partial charge < -0.3 is 15.5 Å². The third-order valence-corrected chi connectivity index (χ3v) is 4.15. The van der Waals surface area contributed by atoms with Crippen LogP contribution in [0, 0.1) is 0 Å². The van der Waals surface area contributed by atoms with E-state index in [1.165, 1.54) is 0 Å². The Morgan fingerprint density at radius 1 is 1.43 bits per heavy atom. The SMILES string of the molecule is CCNC(CC)c1ccc(N2CCNC(=O)C2(C)C)cn1. The van der Waals surface area contributed by atoms with Crippen molar-refractivity contribution < 1.29 is 4.79 Å². The van der Waals surface area contributed by atoms with Crippen molar-refractivity contribution in [3.63, 3.8) is 0 Å². The van der Waals surface area contributed by atoms with Crippen molar-refractivity contribution in [1.29, 1.82) is 0 Å². The van der Waals surface area contributed by atoms with Crippen LogP contribution in [0.25, 0.3) is 0 Å². The molecule has 1 unspecified atom stereocenters. The van der Waals surface area contributed by atoms with Crippen molar-refractivity contribution in [3.05, 3.63) is 24.0 Å². The molecule has 5 nitrogen and oxygen atoms in total. The number of hydrogen-bond acceptors (Lipinski definition) is 4. The second-order valence-electron chi connectivity index (χ2n) is 5.93. The molecule has 2 rings (SSSR count). The highest BCUT2D eigenvalue weighted by Crippen LogP contribution is 2.26. The Balaban J connectivity index is 2.20. The molecule has 1 aliphatic rings. The molecule has 0 aliphatic carbocycles. The predicted molar refractivity (Wildman–Crippen MR) is 85.4 cm³/mol. The van der Waals surface area contributed by atoms with Gasteiger partial charge in [-0.05, 0) is 38.9 Å². The minimum absolute atomic E-state index is 0.0666. The van der Waals surface area contributed by atoms with Crippen LogP contribution in [0.2, 0.25) is 0 Å². The molecule has 21 heavy (non-hydrogen) atoms. The van der Waals surface area contributed by atoms with Crippen LogP contribution in [0.1, 0.15) is 45.9 Å². The summed E-state index contributed by atoms with van der Waals surface area (Å²) in [4.78, 5) is 18.7. The normalized spacial score (nSPS) is 19.2. The number of carbonyl (C=O) groups is 1. The molecule has 1 aromatic rings. The van der Waals surface area contributed by atoms with Gasteiger partial charge in [-0.15, -0.1) is 0 Å². The second kappa shape index (κ2) is 6.43. The minimum Gasteiger partial charge on any atom is -0.354 e. The molecule has 1 atom stereocenters. The van der Waals surface area contributed by atoms with Gasteiger partial charge in [-0.1, -0.05) is 13.8 Å². The molecule has 0 bridgehead atoms. The molecule has 2 N–H and O–H groups in total. The summed E-state index contributed by atoms with van der Waals surface area (Å²) in [5.74, 6) is 0.0666. The highest BCUT2D eigenvalue weighted by molar-refractivity contribution is 5.90. The number of nitrogens with zero attached hydrogens (tertiary/aromatic N) is 2. The van der Waals surface area contributed by atoms with Crippen molar-refractivity contribution in [3.8, 4) is 0 Å². The fourth-order valence-corrected chi connectivity index (χ4v) is 2.82. The highest BCUT2D eigenvalue weighted by Gasteiger charge is 2.37. The molecule has 2 heterocycles. The molecule has 0 saturated carbocycles. The first-order chi connectivity index (χ1) is 10.0. The lowest BCUT2D eigenvalue weighted by Crippen LogP contribution is -2.62. The van der Waals surface area contributed by atoms with E-state index in [1.807, 2.05) is 20.0 Å². The summed E-state index contributed by atoms with van der Waals surface area (Å²) in [6.07, 6.45) is 2.90. The number of nitrogens with one attached hydrogen (secondary N) is 2. The summed E-state index contributed by atoms with van der Waals surface area (Å²) in [5, 5.41) is 6.35. The van der Waals surface area contributed by atoms with Crippen molar-refractivity contribution in [1.82, 2.24) is 15.6 Å². The highest BCUT2D eigenvalue weighted by atomic mass is 16.2. The first-order valence-electron chi connectivity index (χ1n) is 7.76. The third kappa shape index (κ3) is 3.18. The van der Waals surface area contributed by atoms with Crippen molar-refractivity contribution in [2.75, 3.05) is 24.5 Å². The Bertz CT molecular complexity index is 484. The zero-order valence-corrected chi connectivity index (χ0v) is 13.4. The van der Waals surface area contributed by atoms with Crippen LogP contribution in [-0.2, 0) is 4.79 Å². The van der Waals surface area contributed by atoms with Gasteiger partial charge in [0.05, 0.1) is 17.6 Å². The molecular weight excluding hydrogens is 264 g/mol. The first-order valence-corrected chi connectivity index (χ1v) is 7.76. The largest absolute Gasteiger partial charge is 0.354 e. The Morgan fingerprint density at radius 2 is 2.19 bits per heavy atom. The minimum atomic E-state index is -0.534. The maximum absolute atomic E-state index is 12.0. The molecule has 1 amide bonds. The van der Waals surface area contributed by atoms with Gasteiger partial charge in [0.25, 0.3) is 0 Å². The molecule has 1 aliphatic heterocycles. The van der Waals surface area contributed by atoms with Gasteiger partial charge in [-0.25, -0.2) is 0 Å². The van der Waals surface area contributed by atoms with Crippen LogP contribution in [0.15, 0.2) is 18.3 Å². The molecule has 5 heteroatoms. The van der Waals surface area contributed by atoms with Crippen LogP contribution in [-0.4, -0.2) is 36.1 Å². The predicted octanol–water partition coefficient (Wildman–Crippen LogP) is 1.86. The summed E-state index contributed by atoms with van der Waals surface area (Å²) >= 11 is 0. The van der Waals surface area contributed by atoms with E-state index in [-0.39, 0.29) is 5.91 Å². The van der Waals surface area contributed by atoms with Gasteiger partial charge >= 0.3 is 0 Å². The Morgan fingerprint density at radius 3 is 2.76 bits per heavy atom. The molecule has 1 aromatic heterocycles. The van der Waals surface area contributed by atoms with Gasteiger partial charge in [0, 0.05) is 19.1 Å². The van der Waals surface area contributed by atoms with Crippen LogP contribution in [0.3, 0.4) is 0 Å². The lowest BCUT2D eigenvalue weighted by Gasteiger charge is -2.42. The number of carbonyl (C=O) groups excluding carboxylic acids is 1. The molecule has 0 spiro atoms. The van der Waals surface area contributed by atoms with Crippen molar-refractivity contribution in [2.45, 2.75) is 45.7 Å². The summed E-state index contributed by atoms with van der Waals surface area (Å²) in [6.45, 7) is 10.6. The van der Waals surface area contributed by atoms with E-state index in [2.05, 4.69) is 46.5 Å². The third-order valence-electron chi connectivity index (χ3n) is 4.15. The lowest BCUT2D eigenvalue weighted by molar-refractivity contribution is -0.126. The van der Waals surface area contributed by atoms with E-state index < -0.39 is 5.54 Å². The van der Waals surface area contributed by atoms with E-state index in [0.717, 1.165) is 30.9 Å². The Hall–Kier alpha value is -1.62. The summed E-state index contributed by atoms with van der Waals surface area (Å²) < 4.78 is 0. The maximum atomic E-state index is 12.0. The number of hydrogen-bond donors (Lipinski definition) is 2. The number of rotatable bonds is 5. The van der Waals surface area contributed by atoms with Crippen LogP contribution in [0.4, 0.5) is 5.69 Å². The summed E-state index contributed by atoms with van der Waals surface area (Å²) in [6, 6.07) is 4.43. The average Bonchev–Trinajstić information content (AvgIpc) is 2.48. The van der Waals surface area contributed by atoms with Gasteiger partial charge in [0.2, 0.25) is 5.91 Å². The van der Waals surface area contributed by atoms with Gasteiger partial charge in [-0.3, -0.25) is 9.78 Å². The van der Waals surface area contributed by atoms with E-state index >= 15 is 0 Å². The standard InChI is InChI=1S/C16H26N4O/c1-5-13(17-6-2)14-8-7-12(11-19-14)20-10-9-18-15(21)16(20,3)4/h7-8,11,13,17H,5-6,9-10H2,1-4H3,(H,18,21). The summed E-state index contributed by atoms with van der Waals surface area (Å²) in [7, 11) is 0.